The molecule has 1 fully saturated rings. The fourth-order valence-electron chi connectivity index (χ4n) is 2.45. The van der Waals surface area contributed by atoms with Gasteiger partial charge in [-0.2, -0.15) is 13.2 Å². The summed E-state index contributed by atoms with van der Waals surface area (Å²) in [7, 11) is 1.65. The zero-order chi connectivity index (χ0) is 15.9. The lowest BCUT2D eigenvalue weighted by Crippen LogP contribution is -2.55. The number of carbonyl (C=O) groups excluding carboxylic acids is 1. The van der Waals surface area contributed by atoms with E-state index in [1.165, 1.54) is 0 Å². The van der Waals surface area contributed by atoms with Crippen molar-refractivity contribution in [1.82, 2.24) is 15.1 Å². The van der Waals surface area contributed by atoms with E-state index in [0.717, 1.165) is 19.5 Å². The molecule has 1 N–H and O–H groups in total. The van der Waals surface area contributed by atoms with Crippen LogP contribution in [0.3, 0.4) is 0 Å². The highest BCUT2D eigenvalue weighted by atomic mass is 19.4. The molecule has 21 heavy (non-hydrogen) atoms. The summed E-state index contributed by atoms with van der Waals surface area (Å²) in [6.07, 6.45) is -3.43. The minimum absolute atomic E-state index is 0.0185. The highest BCUT2D eigenvalue weighted by Crippen LogP contribution is 2.13. The van der Waals surface area contributed by atoms with Gasteiger partial charge in [-0.25, -0.2) is 0 Å². The first-order valence-corrected chi connectivity index (χ1v) is 7.14. The number of ether oxygens (including phenoxy) is 1. The van der Waals surface area contributed by atoms with Gasteiger partial charge in [-0.15, -0.1) is 0 Å². The SMILES string of the molecule is CC[C@@H]1CN(CC(=O)NCC(F)(F)F)CCN1CCOC. The molecule has 0 radical (unpaired) electrons. The lowest BCUT2D eigenvalue weighted by molar-refractivity contribution is -0.139. The number of alkyl halides is 3. The highest BCUT2D eigenvalue weighted by molar-refractivity contribution is 5.78. The first-order chi connectivity index (χ1) is 9.85. The second-order valence-electron chi connectivity index (χ2n) is 5.22. The molecular weight excluding hydrogens is 287 g/mol. The molecule has 0 aliphatic carbocycles. The van der Waals surface area contributed by atoms with Crippen LogP contribution in [0.1, 0.15) is 13.3 Å². The van der Waals surface area contributed by atoms with Gasteiger partial charge in [0.05, 0.1) is 13.2 Å². The highest BCUT2D eigenvalue weighted by Gasteiger charge is 2.29. The maximum atomic E-state index is 12.0. The first-order valence-electron chi connectivity index (χ1n) is 7.14. The Morgan fingerprint density at radius 1 is 1.38 bits per heavy atom. The molecule has 1 atom stereocenters. The van der Waals surface area contributed by atoms with Gasteiger partial charge in [-0.3, -0.25) is 14.6 Å². The van der Waals surface area contributed by atoms with Gasteiger partial charge in [0.15, 0.2) is 0 Å². The van der Waals surface area contributed by atoms with Crippen LogP contribution in [-0.4, -0.2) is 80.9 Å². The van der Waals surface area contributed by atoms with E-state index < -0.39 is 18.6 Å². The molecule has 1 saturated heterocycles. The summed E-state index contributed by atoms with van der Waals surface area (Å²) in [6.45, 7) is 4.48. The standard InChI is InChI=1S/C13H24F3N3O2/c1-3-11-8-18(4-5-19(11)6-7-21-2)9-12(20)17-10-13(14,15)16/h11H,3-10H2,1-2H3,(H,17,20)/t11-/m1/s1. The molecule has 8 heteroatoms. The maximum Gasteiger partial charge on any atom is 0.405 e. The summed E-state index contributed by atoms with van der Waals surface area (Å²) in [5.41, 5.74) is 0. The Balaban J connectivity index is 2.36. The van der Waals surface area contributed by atoms with Crippen LogP contribution in [0, 0.1) is 0 Å². The molecule has 0 aromatic heterocycles. The van der Waals surface area contributed by atoms with E-state index in [1.54, 1.807) is 7.11 Å². The predicted octanol–water partition coefficient (Wildman–Crippen LogP) is 0.708. The Morgan fingerprint density at radius 2 is 2.10 bits per heavy atom. The van der Waals surface area contributed by atoms with Crippen LogP contribution in [-0.2, 0) is 9.53 Å². The molecule has 0 spiro atoms. The average molecular weight is 311 g/mol. The van der Waals surface area contributed by atoms with Gasteiger partial charge in [-0.1, -0.05) is 6.92 Å². The van der Waals surface area contributed by atoms with E-state index in [9.17, 15) is 18.0 Å². The first kappa shape index (κ1) is 18.2. The van der Waals surface area contributed by atoms with Crippen LogP contribution < -0.4 is 5.32 Å². The van der Waals surface area contributed by atoms with Crippen molar-refractivity contribution in [3.8, 4) is 0 Å². The smallest absolute Gasteiger partial charge is 0.383 e. The summed E-state index contributed by atoms with van der Waals surface area (Å²) in [5.74, 6) is -0.576. The van der Waals surface area contributed by atoms with Crippen molar-refractivity contribution in [3.05, 3.63) is 0 Å². The van der Waals surface area contributed by atoms with E-state index >= 15 is 0 Å². The average Bonchev–Trinajstić information content (AvgIpc) is 2.43. The van der Waals surface area contributed by atoms with Gasteiger partial charge in [0.1, 0.15) is 6.54 Å². The van der Waals surface area contributed by atoms with Gasteiger partial charge in [0.2, 0.25) is 5.91 Å². The number of amides is 1. The Bertz CT molecular complexity index is 326. The number of nitrogens with zero attached hydrogens (tertiary/aromatic N) is 2. The number of hydrogen-bond acceptors (Lipinski definition) is 4. The molecule has 0 aromatic carbocycles. The Labute approximate surface area is 123 Å². The maximum absolute atomic E-state index is 12.0. The van der Waals surface area contributed by atoms with E-state index in [2.05, 4.69) is 11.8 Å². The molecule has 0 unspecified atom stereocenters. The quantitative estimate of drug-likeness (QED) is 0.752. The van der Waals surface area contributed by atoms with Crippen LogP contribution in [0.15, 0.2) is 0 Å². The molecular formula is C13H24F3N3O2. The van der Waals surface area contributed by atoms with E-state index in [1.807, 2.05) is 10.2 Å². The molecule has 124 valence electrons. The topological polar surface area (TPSA) is 44.8 Å². The largest absolute Gasteiger partial charge is 0.405 e. The molecule has 1 aliphatic heterocycles. The van der Waals surface area contributed by atoms with Crippen molar-refractivity contribution in [2.24, 2.45) is 0 Å². The third-order valence-corrected chi connectivity index (χ3v) is 3.60. The summed E-state index contributed by atoms with van der Waals surface area (Å²) >= 11 is 0. The van der Waals surface area contributed by atoms with Crippen LogP contribution in [0.25, 0.3) is 0 Å². The van der Waals surface area contributed by atoms with Crippen molar-refractivity contribution in [1.29, 1.82) is 0 Å². The van der Waals surface area contributed by atoms with Gasteiger partial charge in [0.25, 0.3) is 0 Å². The van der Waals surface area contributed by atoms with Crippen LogP contribution >= 0.6 is 0 Å². The summed E-state index contributed by atoms with van der Waals surface area (Å²) < 4.78 is 41.2. The van der Waals surface area contributed by atoms with E-state index in [-0.39, 0.29) is 6.54 Å². The zero-order valence-electron chi connectivity index (χ0n) is 12.6. The lowest BCUT2D eigenvalue weighted by atomic mass is 10.1. The fraction of sp³-hybridized carbons (Fsp3) is 0.923. The van der Waals surface area contributed by atoms with Crippen LogP contribution in [0.2, 0.25) is 0 Å². The van der Waals surface area contributed by atoms with E-state index in [0.29, 0.717) is 25.7 Å². The number of carbonyl (C=O) groups is 1. The molecule has 0 bridgehead atoms. The van der Waals surface area contributed by atoms with Crippen molar-refractivity contribution < 1.29 is 22.7 Å². The lowest BCUT2D eigenvalue weighted by Gasteiger charge is -2.40. The fourth-order valence-corrected chi connectivity index (χ4v) is 2.45. The summed E-state index contributed by atoms with van der Waals surface area (Å²) in [4.78, 5) is 15.7. The molecule has 1 heterocycles. The Hall–Kier alpha value is -0.860. The van der Waals surface area contributed by atoms with Gasteiger partial charge in [0, 0.05) is 39.3 Å². The van der Waals surface area contributed by atoms with Crippen LogP contribution in [0.5, 0.6) is 0 Å². The van der Waals surface area contributed by atoms with Gasteiger partial charge < -0.3 is 10.1 Å². The number of nitrogens with one attached hydrogen (secondary N) is 1. The van der Waals surface area contributed by atoms with Crippen molar-refractivity contribution in [2.45, 2.75) is 25.6 Å². The zero-order valence-corrected chi connectivity index (χ0v) is 12.6. The van der Waals surface area contributed by atoms with Crippen molar-refractivity contribution >= 4 is 5.91 Å². The predicted molar refractivity (Wildman–Crippen MR) is 73.0 cm³/mol. The van der Waals surface area contributed by atoms with Crippen molar-refractivity contribution in [3.63, 3.8) is 0 Å². The van der Waals surface area contributed by atoms with Crippen LogP contribution in [0.4, 0.5) is 13.2 Å². The minimum Gasteiger partial charge on any atom is -0.383 e. The summed E-state index contributed by atoms with van der Waals surface area (Å²) in [5, 5.41) is 1.91. The number of methoxy groups -OCH3 is 1. The number of hydrogen-bond donors (Lipinski definition) is 1. The minimum atomic E-state index is -4.36. The third kappa shape index (κ3) is 7.10. The third-order valence-electron chi connectivity index (χ3n) is 3.60. The van der Waals surface area contributed by atoms with Gasteiger partial charge >= 0.3 is 6.18 Å². The molecule has 5 nitrogen and oxygen atoms in total. The Morgan fingerprint density at radius 3 is 2.67 bits per heavy atom. The van der Waals surface area contributed by atoms with E-state index in [4.69, 9.17) is 4.74 Å². The van der Waals surface area contributed by atoms with Crippen molar-refractivity contribution in [2.75, 3.05) is 53.0 Å². The molecule has 1 aliphatic rings. The molecule has 0 aromatic rings. The summed E-state index contributed by atoms with van der Waals surface area (Å²) in [6, 6.07) is 0.310. The number of piperazine rings is 1. The van der Waals surface area contributed by atoms with Gasteiger partial charge in [-0.05, 0) is 6.42 Å². The monoisotopic (exact) mass is 311 g/mol. The molecule has 1 rings (SSSR count). The second-order valence-corrected chi connectivity index (χ2v) is 5.22. The number of halogens is 3. The Kier molecular flexibility index (Phi) is 7.41. The second kappa shape index (κ2) is 8.55. The number of rotatable bonds is 7. The molecule has 0 saturated carbocycles. The molecule has 1 amide bonds. The normalized spacial score (nSPS) is 21.5.